The number of fused-ring (bicyclic) bond motifs is 3. The van der Waals surface area contributed by atoms with Crippen LogP contribution in [0, 0.1) is 0 Å². The van der Waals surface area contributed by atoms with Gasteiger partial charge in [0.15, 0.2) is 5.16 Å². The Kier molecular flexibility index (Phi) is 3.60. The van der Waals surface area contributed by atoms with Crippen LogP contribution in [0.2, 0.25) is 0 Å². The zero-order valence-electron chi connectivity index (χ0n) is 12.6. The summed E-state index contributed by atoms with van der Waals surface area (Å²) >= 11 is 1.54. The SMILES string of the molecule is CSc1ncc2c(n1)-c1ccccc1O/C2=C\c1ccccc1. The highest BCUT2D eigenvalue weighted by Crippen LogP contribution is 2.41. The van der Waals surface area contributed by atoms with Crippen molar-refractivity contribution >= 4 is 23.6 Å². The summed E-state index contributed by atoms with van der Waals surface area (Å²) < 4.78 is 6.11. The van der Waals surface area contributed by atoms with Gasteiger partial charge in [0.2, 0.25) is 0 Å². The number of rotatable bonds is 2. The molecule has 112 valence electrons. The Balaban J connectivity index is 1.91. The predicted octanol–water partition coefficient (Wildman–Crippen LogP) is 4.76. The molecule has 3 nitrogen and oxygen atoms in total. The monoisotopic (exact) mass is 318 g/mol. The highest BCUT2D eigenvalue weighted by Gasteiger charge is 2.23. The second-order valence-corrected chi connectivity index (χ2v) is 5.91. The summed E-state index contributed by atoms with van der Waals surface area (Å²) in [6, 6.07) is 18.1. The maximum atomic E-state index is 6.11. The first-order valence-electron chi connectivity index (χ1n) is 7.30. The fourth-order valence-corrected chi connectivity index (χ4v) is 2.92. The Hall–Kier alpha value is -2.59. The van der Waals surface area contributed by atoms with E-state index in [0.717, 1.165) is 39.0 Å². The van der Waals surface area contributed by atoms with Crippen LogP contribution in [-0.4, -0.2) is 16.2 Å². The van der Waals surface area contributed by atoms with Crippen LogP contribution < -0.4 is 4.74 Å². The predicted molar refractivity (Wildman–Crippen MR) is 94.2 cm³/mol. The lowest BCUT2D eigenvalue weighted by molar-refractivity contribution is 0.512. The van der Waals surface area contributed by atoms with Gasteiger partial charge in [-0.3, -0.25) is 0 Å². The topological polar surface area (TPSA) is 35.0 Å². The lowest BCUT2D eigenvalue weighted by atomic mass is 10.0. The molecule has 2 aromatic carbocycles. The molecule has 23 heavy (non-hydrogen) atoms. The molecule has 1 aromatic heterocycles. The highest BCUT2D eigenvalue weighted by molar-refractivity contribution is 7.98. The largest absolute Gasteiger partial charge is 0.456 e. The maximum Gasteiger partial charge on any atom is 0.187 e. The molecule has 0 saturated heterocycles. The van der Waals surface area contributed by atoms with E-state index in [-0.39, 0.29) is 0 Å². The summed E-state index contributed by atoms with van der Waals surface area (Å²) in [5.74, 6) is 1.60. The molecule has 0 N–H and O–H groups in total. The van der Waals surface area contributed by atoms with Gasteiger partial charge in [-0.15, -0.1) is 0 Å². The molecule has 0 spiro atoms. The molecule has 1 aliphatic heterocycles. The van der Waals surface area contributed by atoms with Crippen LogP contribution in [0.1, 0.15) is 11.1 Å². The molecular weight excluding hydrogens is 304 g/mol. The fourth-order valence-electron chi connectivity index (χ4n) is 2.58. The van der Waals surface area contributed by atoms with Crippen molar-refractivity contribution in [3.8, 4) is 17.0 Å². The van der Waals surface area contributed by atoms with Crippen molar-refractivity contribution in [2.75, 3.05) is 6.26 Å². The zero-order valence-corrected chi connectivity index (χ0v) is 13.4. The first-order chi connectivity index (χ1) is 11.3. The molecule has 3 aromatic rings. The minimum Gasteiger partial charge on any atom is -0.456 e. The smallest absolute Gasteiger partial charge is 0.187 e. The summed E-state index contributed by atoms with van der Waals surface area (Å²) in [5.41, 5.74) is 3.94. The molecular formula is C19H14N2OS. The van der Waals surface area contributed by atoms with Crippen LogP contribution >= 0.6 is 11.8 Å². The van der Waals surface area contributed by atoms with E-state index in [0.29, 0.717) is 0 Å². The Morgan fingerprint density at radius 2 is 1.74 bits per heavy atom. The minimum atomic E-state index is 0.763. The average molecular weight is 318 g/mol. The molecule has 0 bridgehead atoms. The molecule has 0 atom stereocenters. The van der Waals surface area contributed by atoms with Gasteiger partial charge in [-0.2, -0.15) is 0 Å². The van der Waals surface area contributed by atoms with Crippen LogP contribution in [-0.2, 0) is 0 Å². The van der Waals surface area contributed by atoms with Gasteiger partial charge in [0, 0.05) is 11.8 Å². The molecule has 0 unspecified atom stereocenters. The normalized spacial score (nSPS) is 14.0. The van der Waals surface area contributed by atoms with Gasteiger partial charge in [-0.05, 0) is 30.0 Å². The van der Waals surface area contributed by atoms with Gasteiger partial charge >= 0.3 is 0 Å². The first-order valence-corrected chi connectivity index (χ1v) is 8.53. The fraction of sp³-hybridized carbons (Fsp3) is 0.0526. The van der Waals surface area contributed by atoms with Crippen molar-refractivity contribution in [3.63, 3.8) is 0 Å². The highest BCUT2D eigenvalue weighted by atomic mass is 32.2. The molecule has 2 heterocycles. The molecule has 0 saturated carbocycles. The average Bonchev–Trinajstić information content (AvgIpc) is 2.62. The summed E-state index contributed by atoms with van der Waals surface area (Å²) in [6.45, 7) is 0. The van der Waals surface area contributed by atoms with Gasteiger partial charge in [0.05, 0.1) is 11.3 Å². The molecule has 0 aliphatic carbocycles. The Bertz CT molecular complexity index is 891. The van der Waals surface area contributed by atoms with Gasteiger partial charge < -0.3 is 4.74 Å². The van der Waals surface area contributed by atoms with Gasteiger partial charge in [0.1, 0.15) is 11.5 Å². The van der Waals surface area contributed by atoms with E-state index < -0.39 is 0 Å². The second kappa shape index (κ2) is 5.89. The lowest BCUT2D eigenvalue weighted by Gasteiger charge is -2.22. The van der Waals surface area contributed by atoms with Crippen LogP contribution in [0.3, 0.4) is 0 Å². The Morgan fingerprint density at radius 3 is 2.57 bits per heavy atom. The summed E-state index contributed by atoms with van der Waals surface area (Å²) in [5, 5.41) is 0.763. The number of thioether (sulfide) groups is 1. The summed E-state index contributed by atoms with van der Waals surface area (Å²) in [7, 11) is 0. The number of hydrogen-bond acceptors (Lipinski definition) is 4. The Morgan fingerprint density at radius 1 is 0.957 bits per heavy atom. The van der Waals surface area contributed by atoms with E-state index in [2.05, 4.69) is 4.98 Å². The van der Waals surface area contributed by atoms with Crippen LogP contribution in [0.4, 0.5) is 0 Å². The number of ether oxygens (including phenoxy) is 1. The summed E-state index contributed by atoms with van der Waals surface area (Å²) in [4.78, 5) is 9.10. The third-order valence-electron chi connectivity index (χ3n) is 3.67. The van der Waals surface area contributed by atoms with Crippen molar-refractivity contribution in [2.45, 2.75) is 5.16 Å². The van der Waals surface area contributed by atoms with Gasteiger partial charge in [0.25, 0.3) is 0 Å². The van der Waals surface area contributed by atoms with E-state index in [1.807, 2.05) is 73.1 Å². The van der Waals surface area contributed by atoms with E-state index in [1.54, 1.807) is 0 Å². The Labute approximate surface area is 139 Å². The number of aromatic nitrogens is 2. The first kappa shape index (κ1) is 14.0. The third-order valence-corrected chi connectivity index (χ3v) is 4.24. The molecule has 4 heteroatoms. The van der Waals surface area contributed by atoms with Crippen LogP contribution in [0.15, 0.2) is 66.0 Å². The van der Waals surface area contributed by atoms with E-state index >= 15 is 0 Å². The van der Waals surface area contributed by atoms with Crippen molar-refractivity contribution < 1.29 is 4.74 Å². The number of nitrogens with zero attached hydrogens (tertiary/aromatic N) is 2. The summed E-state index contributed by atoms with van der Waals surface area (Å²) in [6.07, 6.45) is 5.85. The van der Waals surface area contributed by atoms with Crippen molar-refractivity contribution in [1.82, 2.24) is 9.97 Å². The molecule has 0 fully saturated rings. The molecule has 0 amide bonds. The van der Waals surface area contributed by atoms with E-state index in [1.165, 1.54) is 11.8 Å². The quantitative estimate of drug-likeness (QED) is 0.504. The van der Waals surface area contributed by atoms with Gasteiger partial charge in [-0.25, -0.2) is 9.97 Å². The van der Waals surface area contributed by atoms with Crippen LogP contribution in [0.5, 0.6) is 5.75 Å². The minimum absolute atomic E-state index is 0.763. The molecule has 4 rings (SSSR count). The zero-order chi connectivity index (χ0) is 15.6. The number of hydrogen-bond donors (Lipinski definition) is 0. The second-order valence-electron chi connectivity index (χ2n) is 5.14. The van der Waals surface area contributed by atoms with Gasteiger partial charge in [-0.1, -0.05) is 54.2 Å². The van der Waals surface area contributed by atoms with Crippen molar-refractivity contribution in [3.05, 3.63) is 71.9 Å². The number of benzene rings is 2. The van der Waals surface area contributed by atoms with E-state index in [9.17, 15) is 0 Å². The molecule has 0 radical (unpaired) electrons. The standard InChI is InChI=1S/C19H14N2OS/c1-23-19-20-12-15-17(11-13-7-3-2-4-8-13)22-16-10-6-5-9-14(16)18(15)21-19/h2-12H,1H3/b17-11-. The van der Waals surface area contributed by atoms with E-state index in [4.69, 9.17) is 9.72 Å². The van der Waals surface area contributed by atoms with Crippen molar-refractivity contribution in [2.24, 2.45) is 0 Å². The molecule has 1 aliphatic rings. The third kappa shape index (κ3) is 2.62. The maximum absolute atomic E-state index is 6.11. The van der Waals surface area contributed by atoms with Crippen molar-refractivity contribution in [1.29, 1.82) is 0 Å². The number of para-hydroxylation sites is 1. The lowest BCUT2D eigenvalue weighted by Crippen LogP contribution is -2.07. The van der Waals surface area contributed by atoms with Crippen LogP contribution in [0.25, 0.3) is 23.1 Å².